The summed E-state index contributed by atoms with van der Waals surface area (Å²) in [5.41, 5.74) is -1.35. The molecule has 0 aliphatic carbocycles. The minimum Gasteiger partial charge on any atom is -0.480 e. The smallest absolute Gasteiger partial charge is 0.408 e. The molecule has 0 saturated heterocycles. The van der Waals surface area contributed by atoms with Gasteiger partial charge in [-0.25, -0.2) is 23.9 Å². The van der Waals surface area contributed by atoms with Gasteiger partial charge in [0.15, 0.2) is 0 Å². The number of carboxylic acids is 1. The average molecular weight is 390 g/mol. The summed E-state index contributed by atoms with van der Waals surface area (Å²) in [6.45, 7) is 5.00. The van der Waals surface area contributed by atoms with Gasteiger partial charge in [-0.2, -0.15) is 0 Å². The molecule has 0 aliphatic rings. The molecule has 0 aromatic carbocycles. The molecule has 28 heavy (non-hydrogen) atoms. The fourth-order valence-corrected chi connectivity index (χ4v) is 2.33. The summed E-state index contributed by atoms with van der Waals surface area (Å²) in [6.07, 6.45) is 1.81. The molecule has 2 N–H and O–H groups in total. The number of alkyl carbamates (subject to hydrolysis) is 1. The third-order valence-corrected chi connectivity index (χ3v) is 3.62. The molecule has 1 atom stereocenters. The van der Waals surface area contributed by atoms with Gasteiger partial charge in [-0.1, -0.05) is 6.07 Å². The Morgan fingerprint density at radius 3 is 2.46 bits per heavy atom. The molecule has 0 aliphatic heterocycles. The van der Waals surface area contributed by atoms with E-state index < -0.39 is 35.0 Å². The van der Waals surface area contributed by atoms with Crippen LogP contribution in [0.3, 0.4) is 0 Å². The Morgan fingerprint density at radius 2 is 1.93 bits per heavy atom. The lowest BCUT2D eigenvalue weighted by molar-refractivity contribution is -0.139. The summed E-state index contributed by atoms with van der Waals surface area (Å²) >= 11 is 0. The summed E-state index contributed by atoms with van der Waals surface area (Å²) in [4.78, 5) is 51.4. The van der Waals surface area contributed by atoms with Crippen molar-refractivity contribution in [3.63, 3.8) is 0 Å². The number of ether oxygens (including phenoxy) is 1. The number of nitrogens with zero attached hydrogens (tertiary/aromatic N) is 3. The van der Waals surface area contributed by atoms with Crippen LogP contribution in [0.5, 0.6) is 0 Å². The van der Waals surface area contributed by atoms with E-state index in [1.165, 1.54) is 42.2 Å². The molecule has 2 heterocycles. The number of carbonyl (C=O) groups is 2. The zero-order chi connectivity index (χ0) is 21.1. The van der Waals surface area contributed by atoms with E-state index in [4.69, 9.17) is 4.74 Å². The van der Waals surface area contributed by atoms with Gasteiger partial charge in [0.1, 0.15) is 17.5 Å². The first-order valence-corrected chi connectivity index (χ1v) is 8.44. The fourth-order valence-electron chi connectivity index (χ4n) is 2.33. The first-order chi connectivity index (χ1) is 13.0. The Hall–Kier alpha value is -3.43. The molecule has 1 unspecified atom stereocenters. The molecule has 2 rings (SSSR count). The van der Waals surface area contributed by atoms with Crippen LogP contribution in [0.2, 0.25) is 0 Å². The van der Waals surface area contributed by atoms with E-state index in [9.17, 15) is 24.3 Å². The van der Waals surface area contributed by atoms with Gasteiger partial charge >= 0.3 is 17.8 Å². The highest BCUT2D eigenvalue weighted by atomic mass is 16.6. The second-order valence-corrected chi connectivity index (χ2v) is 7.15. The number of aliphatic carboxylic acids is 1. The standard InChI is InChI=1S/C18H22N4O6/c1-18(2,3)28-16(26)20-12(15(24)25)9-11-5-6-13(19-10-11)22-14(23)7-8-21(4)17(22)27/h5-8,10,12H,9H2,1-4H3,(H,20,26)(H,24,25). The van der Waals surface area contributed by atoms with E-state index in [1.54, 1.807) is 20.8 Å². The zero-order valence-electron chi connectivity index (χ0n) is 16.0. The quantitative estimate of drug-likeness (QED) is 0.757. The van der Waals surface area contributed by atoms with Crippen molar-refractivity contribution in [2.24, 2.45) is 7.05 Å². The molecular formula is C18H22N4O6. The SMILES string of the molecule is Cn1ccc(=O)n(-c2ccc(CC(NC(=O)OC(C)(C)C)C(=O)O)cn2)c1=O. The lowest BCUT2D eigenvalue weighted by Gasteiger charge is -2.22. The molecule has 0 saturated carbocycles. The van der Waals surface area contributed by atoms with Crippen LogP contribution in [0.1, 0.15) is 26.3 Å². The van der Waals surface area contributed by atoms with Crippen molar-refractivity contribution in [2.45, 2.75) is 38.8 Å². The Labute approximate surface area is 160 Å². The Balaban J connectivity index is 2.19. The summed E-state index contributed by atoms with van der Waals surface area (Å²) in [5, 5.41) is 11.6. The Bertz CT molecular complexity index is 985. The number of hydrogen-bond donors (Lipinski definition) is 2. The second-order valence-electron chi connectivity index (χ2n) is 7.15. The predicted octanol–water partition coefficient (Wildman–Crippen LogP) is 0.452. The number of carbonyl (C=O) groups excluding carboxylic acids is 1. The largest absolute Gasteiger partial charge is 0.480 e. The third kappa shape index (κ3) is 5.29. The van der Waals surface area contributed by atoms with Crippen molar-refractivity contribution in [3.8, 4) is 5.82 Å². The number of aryl methyl sites for hydroxylation is 1. The van der Waals surface area contributed by atoms with Gasteiger partial charge in [0.05, 0.1) is 0 Å². The van der Waals surface area contributed by atoms with Crippen molar-refractivity contribution in [1.82, 2.24) is 19.4 Å². The number of carboxylic acid groups (broad SMARTS) is 1. The van der Waals surface area contributed by atoms with Gasteiger partial charge in [0, 0.05) is 31.9 Å². The van der Waals surface area contributed by atoms with Gasteiger partial charge < -0.3 is 19.7 Å². The Kier molecular flexibility index (Phi) is 6.02. The van der Waals surface area contributed by atoms with E-state index in [0.717, 1.165) is 4.57 Å². The highest BCUT2D eigenvalue weighted by Crippen LogP contribution is 2.09. The van der Waals surface area contributed by atoms with Crippen LogP contribution >= 0.6 is 0 Å². The number of rotatable bonds is 5. The highest BCUT2D eigenvalue weighted by molar-refractivity contribution is 5.80. The minimum atomic E-state index is -1.23. The van der Waals surface area contributed by atoms with Crippen molar-refractivity contribution in [1.29, 1.82) is 0 Å². The maximum Gasteiger partial charge on any atom is 0.408 e. The summed E-state index contributed by atoms with van der Waals surface area (Å²) in [7, 11) is 1.51. The maximum atomic E-state index is 12.1. The van der Waals surface area contributed by atoms with Crippen molar-refractivity contribution < 1.29 is 19.4 Å². The monoisotopic (exact) mass is 390 g/mol. The highest BCUT2D eigenvalue weighted by Gasteiger charge is 2.24. The van der Waals surface area contributed by atoms with Crippen molar-refractivity contribution in [2.75, 3.05) is 0 Å². The molecule has 0 spiro atoms. The summed E-state index contributed by atoms with van der Waals surface area (Å²) in [5.74, 6) is -1.12. The van der Waals surface area contributed by atoms with Gasteiger partial charge in [0.2, 0.25) is 0 Å². The van der Waals surface area contributed by atoms with Crippen LogP contribution in [-0.2, 0) is 23.0 Å². The number of pyridine rings is 1. The van der Waals surface area contributed by atoms with E-state index in [-0.39, 0.29) is 12.2 Å². The topological polar surface area (TPSA) is 133 Å². The molecule has 10 nitrogen and oxygen atoms in total. The van der Waals surface area contributed by atoms with E-state index >= 15 is 0 Å². The molecular weight excluding hydrogens is 368 g/mol. The zero-order valence-corrected chi connectivity index (χ0v) is 16.0. The summed E-state index contributed by atoms with van der Waals surface area (Å²) < 4.78 is 7.20. The Morgan fingerprint density at radius 1 is 1.25 bits per heavy atom. The third-order valence-electron chi connectivity index (χ3n) is 3.62. The normalized spacial score (nSPS) is 12.3. The van der Waals surface area contributed by atoms with Crippen LogP contribution in [0.25, 0.3) is 5.82 Å². The first-order valence-electron chi connectivity index (χ1n) is 8.44. The molecule has 2 aromatic rings. The van der Waals surface area contributed by atoms with Crippen LogP contribution < -0.4 is 16.6 Å². The molecule has 2 aromatic heterocycles. The van der Waals surface area contributed by atoms with Gasteiger partial charge in [0.25, 0.3) is 5.56 Å². The molecule has 150 valence electrons. The van der Waals surface area contributed by atoms with Crippen LogP contribution in [0.4, 0.5) is 4.79 Å². The predicted molar refractivity (Wildman–Crippen MR) is 99.6 cm³/mol. The molecule has 10 heteroatoms. The fraction of sp³-hybridized carbons (Fsp3) is 0.389. The van der Waals surface area contributed by atoms with E-state index in [0.29, 0.717) is 5.56 Å². The minimum absolute atomic E-state index is 0.0520. The second kappa shape index (κ2) is 8.07. The number of hydrogen-bond acceptors (Lipinski definition) is 6. The van der Waals surface area contributed by atoms with E-state index in [1.807, 2.05) is 0 Å². The molecule has 1 amide bonds. The van der Waals surface area contributed by atoms with Crippen molar-refractivity contribution >= 4 is 12.1 Å². The van der Waals surface area contributed by atoms with Gasteiger partial charge in [-0.05, 0) is 32.4 Å². The van der Waals surface area contributed by atoms with Crippen molar-refractivity contribution in [3.05, 3.63) is 57.0 Å². The maximum absolute atomic E-state index is 12.1. The number of nitrogens with one attached hydrogen (secondary N) is 1. The molecule has 0 radical (unpaired) electrons. The lowest BCUT2D eigenvalue weighted by Crippen LogP contribution is -2.44. The van der Waals surface area contributed by atoms with Crippen LogP contribution in [-0.4, -0.2) is 42.9 Å². The van der Waals surface area contributed by atoms with E-state index in [2.05, 4.69) is 10.3 Å². The van der Waals surface area contributed by atoms with Gasteiger partial charge in [-0.15, -0.1) is 0 Å². The summed E-state index contributed by atoms with van der Waals surface area (Å²) in [6, 6.07) is 2.98. The average Bonchev–Trinajstić information content (AvgIpc) is 2.57. The number of aromatic nitrogens is 3. The lowest BCUT2D eigenvalue weighted by atomic mass is 10.1. The number of amides is 1. The first kappa shape index (κ1) is 20.9. The van der Waals surface area contributed by atoms with Crippen LogP contribution in [0, 0.1) is 0 Å². The molecule has 0 fully saturated rings. The van der Waals surface area contributed by atoms with Gasteiger partial charge in [-0.3, -0.25) is 4.79 Å². The molecule has 0 bridgehead atoms. The van der Waals surface area contributed by atoms with Crippen LogP contribution in [0.15, 0.2) is 40.2 Å².